The second-order valence-corrected chi connectivity index (χ2v) is 4.16. The van der Waals surface area contributed by atoms with Gasteiger partial charge in [-0.2, -0.15) is 0 Å². The second-order valence-electron chi connectivity index (χ2n) is 4.16. The number of guanidine groups is 1. The van der Waals surface area contributed by atoms with E-state index in [1.54, 1.807) is 0 Å². The zero-order chi connectivity index (χ0) is 13.0. The Hall–Kier alpha value is -2.23. The quantitative estimate of drug-likeness (QED) is 0.556. The van der Waals surface area contributed by atoms with Crippen molar-refractivity contribution in [1.82, 2.24) is 5.32 Å². The molecule has 2 rings (SSSR count). The highest BCUT2D eigenvalue weighted by molar-refractivity contribution is 5.80. The smallest absolute Gasteiger partial charge is 0.188 e. The highest BCUT2D eigenvalue weighted by Gasteiger charge is 2.17. The maximum atomic E-state index is 5.47. The Labute approximate surface area is 107 Å². The first-order valence-corrected chi connectivity index (χ1v) is 6.01. The number of rotatable bonds is 3. The predicted octanol–water partition coefficient (Wildman–Crippen LogP) is 1.57. The molecule has 4 nitrogen and oxygen atoms in total. The first-order chi connectivity index (χ1) is 8.70. The Morgan fingerprint density at radius 1 is 1.28 bits per heavy atom. The van der Waals surface area contributed by atoms with Crippen molar-refractivity contribution >= 4 is 11.5 Å². The summed E-state index contributed by atoms with van der Waals surface area (Å²) in [6, 6.07) is 10.1. The summed E-state index contributed by atoms with van der Waals surface area (Å²) in [7, 11) is 0. The van der Waals surface area contributed by atoms with Gasteiger partial charge in [-0.15, -0.1) is 0 Å². The van der Waals surface area contributed by atoms with Gasteiger partial charge in [0, 0.05) is 11.8 Å². The third-order valence-corrected chi connectivity index (χ3v) is 2.86. The number of allylic oxidation sites excluding steroid dienone is 2. The van der Waals surface area contributed by atoms with Crippen LogP contribution in [0.25, 0.3) is 5.57 Å². The number of nitrogens with zero attached hydrogens (tertiary/aromatic N) is 1. The normalized spacial score (nSPS) is 18.4. The van der Waals surface area contributed by atoms with E-state index in [0.29, 0.717) is 0 Å². The first kappa shape index (κ1) is 12.2. The van der Waals surface area contributed by atoms with Crippen LogP contribution in [0, 0.1) is 0 Å². The van der Waals surface area contributed by atoms with Crippen LogP contribution in [-0.4, -0.2) is 12.1 Å². The van der Waals surface area contributed by atoms with E-state index in [0.717, 1.165) is 17.6 Å². The van der Waals surface area contributed by atoms with Gasteiger partial charge < -0.3 is 16.8 Å². The van der Waals surface area contributed by atoms with Crippen LogP contribution >= 0.6 is 0 Å². The SMILES string of the molecule is CCC1=CNC(N=C(N)N)C(c2ccccc2)=C1. The van der Waals surface area contributed by atoms with Crippen LogP contribution < -0.4 is 16.8 Å². The monoisotopic (exact) mass is 242 g/mol. The minimum Gasteiger partial charge on any atom is -0.370 e. The fraction of sp³-hybridized carbons (Fsp3) is 0.214. The lowest BCUT2D eigenvalue weighted by Crippen LogP contribution is -2.33. The molecule has 18 heavy (non-hydrogen) atoms. The third-order valence-electron chi connectivity index (χ3n) is 2.86. The molecule has 0 spiro atoms. The molecule has 1 aromatic rings. The first-order valence-electron chi connectivity index (χ1n) is 6.01. The lowest BCUT2D eigenvalue weighted by molar-refractivity contribution is 0.734. The van der Waals surface area contributed by atoms with Crippen molar-refractivity contribution in [1.29, 1.82) is 0 Å². The molecule has 1 aromatic carbocycles. The molecule has 94 valence electrons. The molecule has 0 amide bonds. The Morgan fingerprint density at radius 2 is 2.00 bits per heavy atom. The van der Waals surface area contributed by atoms with Gasteiger partial charge >= 0.3 is 0 Å². The summed E-state index contributed by atoms with van der Waals surface area (Å²) in [6.07, 6.45) is 4.86. The molecule has 1 heterocycles. The van der Waals surface area contributed by atoms with Crippen LogP contribution in [0.15, 0.2) is 53.2 Å². The average Bonchev–Trinajstić information content (AvgIpc) is 2.39. The van der Waals surface area contributed by atoms with E-state index in [9.17, 15) is 0 Å². The van der Waals surface area contributed by atoms with Gasteiger partial charge in [-0.25, -0.2) is 4.99 Å². The minimum absolute atomic E-state index is 0.0858. The van der Waals surface area contributed by atoms with Crippen LogP contribution in [0.3, 0.4) is 0 Å². The minimum atomic E-state index is -0.215. The molecule has 0 radical (unpaired) electrons. The number of hydrogen-bond acceptors (Lipinski definition) is 2. The topological polar surface area (TPSA) is 76.4 Å². The summed E-state index contributed by atoms with van der Waals surface area (Å²) < 4.78 is 0. The number of nitrogens with two attached hydrogens (primary N) is 2. The van der Waals surface area contributed by atoms with Gasteiger partial charge in [0.05, 0.1) is 0 Å². The predicted molar refractivity (Wildman–Crippen MR) is 75.5 cm³/mol. The molecule has 1 aliphatic rings. The standard InChI is InChI=1S/C14H18N4/c1-2-10-8-12(11-6-4-3-5-7-11)13(17-9-10)18-14(15)16/h3-9,13,17H,2H2,1H3,(H4,15,16,18). The van der Waals surface area contributed by atoms with E-state index in [2.05, 4.69) is 35.4 Å². The summed E-state index contributed by atoms with van der Waals surface area (Å²) >= 11 is 0. The zero-order valence-corrected chi connectivity index (χ0v) is 10.4. The third kappa shape index (κ3) is 2.71. The Kier molecular flexibility index (Phi) is 3.67. The van der Waals surface area contributed by atoms with Crippen LogP contribution in [0.1, 0.15) is 18.9 Å². The van der Waals surface area contributed by atoms with E-state index in [-0.39, 0.29) is 12.1 Å². The highest BCUT2D eigenvalue weighted by atomic mass is 15.1. The molecule has 0 bridgehead atoms. The van der Waals surface area contributed by atoms with Crippen LogP contribution in [0.2, 0.25) is 0 Å². The number of benzene rings is 1. The van der Waals surface area contributed by atoms with Gasteiger partial charge in [0.1, 0.15) is 6.17 Å². The van der Waals surface area contributed by atoms with Gasteiger partial charge in [0.2, 0.25) is 0 Å². The highest BCUT2D eigenvalue weighted by Crippen LogP contribution is 2.25. The Bertz CT molecular complexity index is 496. The average molecular weight is 242 g/mol. The molecule has 0 saturated carbocycles. The summed E-state index contributed by atoms with van der Waals surface area (Å²) in [5, 5.41) is 3.22. The van der Waals surface area contributed by atoms with Crippen molar-refractivity contribution in [3.63, 3.8) is 0 Å². The summed E-state index contributed by atoms with van der Waals surface area (Å²) in [5.74, 6) is 0.0858. The molecular weight excluding hydrogens is 224 g/mol. The molecule has 1 atom stereocenters. The molecule has 1 unspecified atom stereocenters. The Morgan fingerprint density at radius 3 is 2.61 bits per heavy atom. The lowest BCUT2D eigenvalue weighted by atomic mass is 9.97. The van der Waals surface area contributed by atoms with Crippen molar-refractivity contribution in [3.8, 4) is 0 Å². The molecule has 0 aliphatic carbocycles. The van der Waals surface area contributed by atoms with Crippen molar-refractivity contribution in [2.75, 3.05) is 0 Å². The maximum absolute atomic E-state index is 5.47. The van der Waals surface area contributed by atoms with Crippen molar-refractivity contribution in [2.24, 2.45) is 16.5 Å². The van der Waals surface area contributed by atoms with E-state index >= 15 is 0 Å². The molecule has 0 fully saturated rings. The number of aliphatic imine (C=N–C) groups is 1. The number of nitrogens with one attached hydrogen (secondary N) is 1. The largest absolute Gasteiger partial charge is 0.370 e. The fourth-order valence-corrected chi connectivity index (χ4v) is 1.93. The van der Waals surface area contributed by atoms with Crippen LogP contribution in [-0.2, 0) is 0 Å². The van der Waals surface area contributed by atoms with E-state index in [4.69, 9.17) is 11.5 Å². The molecule has 1 aliphatic heterocycles. The summed E-state index contributed by atoms with van der Waals surface area (Å²) in [4.78, 5) is 4.21. The molecule has 4 heteroatoms. The summed E-state index contributed by atoms with van der Waals surface area (Å²) in [5.41, 5.74) is 14.4. The summed E-state index contributed by atoms with van der Waals surface area (Å²) in [6.45, 7) is 2.12. The van der Waals surface area contributed by atoms with E-state index < -0.39 is 0 Å². The lowest BCUT2D eigenvalue weighted by Gasteiger charge is -2.22. The van der Waals surface area contributed by atoms with E-state index in [1.165, 1.54) is 5.57 Å². The molecular formula is C14H18N4. The van der Waals surface area contributed by atoms with Gasteiger partial charge in [0.15, 0.2) is 5.96 Å². The van der Waals surface area contributed by atoms with Crippen molar-refractivity contribution < 1.29 is 0 Å². The maximum Gasteiger partial charge on any atom is 0.188 e. The fourth-order valence-electron chi connectivity index (χ4n) is 1.93. The van der Waals surface area contributed by atoms with Gasteiger partial charge in [0.25, 0.3) is 0 Å². The van der Waals surface area contributed by atoms with Crippen molar-refractivity contribution in [3.05, 3.63) is 53.7 Å². The Balaban J connectivity index is 2.39. The van der Waals surface area contributed by atoms with Gasteiger partial charge in [-0.05, 0) is 23.6 Å². The van der Waals surface area contributed by atoms with Gasteiger partial charge in [-0.1, -0.05) is 37.3 Å². The van der Waals surface area contributed by atoms with Gasteiger partial charge in [-0.3, -0.25) is 0 Å². The van der Waals surface area contributed by atoms with E-state index in [1.807, 2.05) is 24.4 Å². The molecule has 0 saturated heterocycles. The van der Waals surface area contributed by atoms with Crippen molar-refractivity contribution in [2.45, 2.75) is 19.5 Å². The second kappa shape index (κ2) is 5.40. The number of hydrogen-bond donors (Lipinski definition) is 3. The number of dihydropyridines is 1. The van der Waals surface area contributed by atoms with Crippen LogP contribution in [0.4, 0.5) is 0 Å². The molecule has 5 N–H and O–H groups in total. The van der Waals surface area contributed by atoms with Crippen LogP contribution in [0.5, 0.6) is 0 Å². The zero-order valence-electron chi connectivity index (χ0n) is 10.4. The molecule has 0 aromatic heterocycles.